The van der Waals surface area contributed by atoms with E-state index in [0.717, 1.165) is 51.4 Å². The molecular weight excluding hydrogens is 591 g/mol. The maximum atomic E-state index is 11.1. The number of carboxylic acids is 1. The number of hydrogen-bond acceptors (Lipinski definition) is 10. The van der Waals surface area contributed by atoms with Gasteiger partial charge in [0.1, 0.15) is 13.1 Å². The largest absolute Gasteiger partial charge is 1.00 e. The summed E-state index contributed by atoms with van der Waals surface area (Å²) in [5.41, 5.74) is 4.81. The fraction of sp³-hybridized carbons (Fsp3) is 0.760. The van der Waals surface area contributed by atoms with E-state index in [0.29, 0.717) is 0 Å². The zero-order valence-corrected chi connectivity index (χ0v) is 24.9. The molecule has 0 saturated heterocycles. The number of halogens is 2. The summed E-state index contributed by atoms with van der Waals surface area (Å²) >= 11 is 5.14. The molecule has 3 aliphatic carbocycles. The number of hydrogen-bond donors (Lipinski definition) is 4. The molecule has 241 valence electrons. The van der Waals surface area contributed by atoms with Crippen molar-refractivity contribution in [2.75, 3.05) is 33.9 Å². The summed E-state index contributed by atoms with van der Waals surface area (Å²) in [6, 6.07) is 0. The van der Waals surface area contributed by atoms with Crippen LogP contribution in [0.5, 0.6) is 0 Å². The third-order valence-corrected chi connectivity index (χ3v) is 6.13. The van der Waals surface area contributed by atoms with Crippen molar-refractivity contribution in [1.82, 2.24) is 10.6 Å². The summed E-state index contributed by atoms with van der Waals surface area (Å²) in [5.74, 6) is -1.48. The number of carboxylic acid groups (broad SMARTS) is 1. The quantitative estimate of drug-likeness (QED) is 0.141. The van der Waals surface area contributed by atoms with Crippen LogP contribution in [0.15, 0.2) is 0 Å². The molecule has 6 N–H and O–H groups in total. The number of nitrogens with one attached hydrogen (secondary N) is 2. The molecule has 0 atom stereocenters. The molecule has 42 heavy (non-hydrogen) atoms. The van der Waals surface area contributed by atoms with Gasteiger partial charge in [0.2, 0.25) is 17.1 Å². The van der Waals surface area contributed by atoms with Crippen LogP contribution in [0.1, 0.15) is 72.6 Å². The predicted octanol–water partition coefficient (Wildman–Crippen LogP) is -1.13. The van der Waals surface area contributed by atoms with Crippen molar-refractivity contribution in [3.63, 3.8) is 0 Å². The maximum Gasteiger partial charge on any atom is 1.00 e. The fourth-order valence-corrected chi connectivity index (χ4v) is 2.96. The molecule has 0 aromatic heterocycles. The van der Waals surface area contributed by atoms with Gasteiger partial charge in [-0.25, -0.2) is 0 Å². The van der Waals surface area contributed by atoms with Gasteiger partial charge in [0.15, 0.2) is 0 Å². The average Bonchev–Trinajstić information content (AvgIpc) is 2.72. The Morgan fingerprint density at radius 1 is 0.762 bits per heavy atom. The molecule has 3 fully saturated rings. The first-order valence-electron chi connectivity index (χ1n) is 11.9. The van der Waals surface area contributed by atoms with Crippen LogP contribution in [-0.4, -0.2) is 87.8 Å². The fourth-order valence-electron chi connectivity index (χ4n) is 2.74. The minimum atomic E-state index is -0.988. The molecule has 13 nitrogen and oxygen atoms in total. The topological polar surface area (TPSA) is 221 Å². The van der Waals surface area contributed by atoms with Gasteiger partial charge in [-0.05, 0) is 50.1 Å². The Kier molecular flexibility index (Phi) is 44.9. The zero-order valence-electron chi connectivity index (χ0n) is 23.3. The standard InChI is InChI=1S/C8H13NO3.C7H11NO3.C5H7ClO.C3H7NO2.2CH4.B.ClH.Li.H2O/c1-12-7(10)5-9-8(11)6-3-2-4-6;9-6(10)4-8-7(11)5-2-1-3-5;6-5(7)4-2-1-3-4;1-6-3(5)2-4;;;;;;/h6H,2-5H2,1H3,(H,9,11);5H,1-4H2,(H,8,11)(H,9,10);4H,1-3H2;2,4H2,1H3;2*1H4;;1H;;1H2/q;;;;;;;;+1;/p-1. The van der Waals surface area contributed by atoms with Crippen molar-refractivity contribution in [2.24, 2.45) is 23.5 Å². The van der Waals surface area contributed by atoms with Crippen LogP contribution in [0.3, 0.4) is 0 Å². The van der Waals surface area contributed by atoms with Crippen molar-refractivity contribution in [2.45, 2.75) is 72.6 Å². The first-order chi connectivity index (χ1) is 17.0. The van der Waals surface area contributed by atoms with Crippen LogP contribution in [0.25, 0.3) is 0 Å². The first-order valence-corrected chi connectivity index (χ1v) is 12.2. The van der Waals surface area contributed by atoms with E-state index in [1.807, 2.05) is 0 Å². The van der Waals surface area contributed by atoms with Crippen LogP contribution < -0.4 is 35.2 Å². The number of carbonyl (C=O) groups is 6. The van der Waals surface area contributed by atoms with Crippen LogP contribution >= 0.6 is 24.0 Å². The van der Waals surface area contributed by atoms with Gasteiger partial charge in [-0.15, -0.1) is 12.4 Å². The van der Waals surface area contributed by atoms with E-state index in [1.54, 1.807) is 0 Å². The van der Waals surface area contributed by atoms with Gasteiger partial charge in [0.25, 0.3) is 0 Å². The summed E-state index contributed by atoms with van der Waals surface area (Å²) in [6.07, 6.45) is 9.15. The molecule has 0 spiro atoms. The summed E-state index contributed by atoms with van der Waals surface area (Å²) in [7, 11) is 2.60. The van der Waals surface area contributed by atoms with Gasteiger partial charge in [-0.2, -0.15) is 0 Å². The molecule has 0 heterocycles. The molecule has 0 aliphatic heterocycles. The minimum absolute atomic E-state index is 0. The third-order valence-electron chi connectivity index (χ3n) is 5.82. The Morgan fingerprint density at radius 2 is 1.10 bits per heavy atom. The van der Waals surface area contributed by atoms with Crippen LogP contribution in [-0.2, 0) is 38.2 Å². The number of nitrogens with two attached hydrogens (primary N) is 1. The molecule has 3 aliphatic rings. The van der Waals surface area contributed by atoms with Crippen LogP contribution in [0.2, 0.25) is 0 Å². The van der Waals surface area contributed by atoms with E-state index < -0.39 is 11.9 Å². The van der Waals surface area contributed by atoms with E-state index in [9.17, 15) is 28.8 Å². The molecule has 0 aromatic rings. The van der Waals surface area contributed by atoms with E-state index >= 15 is 0 Å². The van der Waals surface area contributed by atoms with Crippen molar-refractivity contribution >= 4 is 67.4 Å². The van der Waals surface area contributed by atoms with Gasteiger partial charge in [-0.3, -0.25) is 28.8 Å². The summed E-state index contributed by atoms with van der Waals surface area (Å²) in [6.45, 7) is -0.294. The SMILES string of the molecule is C.C.COC(=O)CN.COC(=O)CNC(=O)C1CCC1.Cl.O=C(Cl)C1CCC1.O=C(O)CNC(=O)C1CCC1.[B].[Li+].[OH-]. The number of methoxy groups -OCH3 is 2. The van der Waals surface area contributed by atoms with E-state index in [-0.39, 0.29) is 120 Å². The number of rotatable bonds is 8. The molecule has 0 bridgehead atoms. The van der Waals surface area contributed by atoms with Crippen LogP contribution in [0.4, 0.5) is 0 Å². The summed E-state index contributed by atoms with van der Waals surface area (Å²) < 4.78 is 8.51. The Bertz CT molecular complexity index is 752. The van der Waals surface area contributed by atoms with Gasteiger partial charge >= 0.3 is 36.8 Å². The monoisotopic (exact) mass is 638 g/mol. The predicted molar refractivity (Wildman–Crippen MR) is 158 cm³/mol. The first kappa shape index (κ1) is 56.0. The second-order valence-corrected chi connectivity index (χ2v) is 8.75. The molecule has 3 rings (SSSR count). The Morgan fingerprint density at radius 3 is 1.26 bits per heavy atom. The third kappa shape index (κ3) is 27.0. The van der Waals surface area contributed by atoms with Crippen molar-refractivity contribution in [3.8, 4) is 0 Å². The molecule has 0 unspecified atom stereocenters. The second-order valence-electron chi connectivity index (χ2n) is 8.37. The second kappa shape index (κ2) is 33.7. The number of esters is 2. The molecule has 3 saturated carbocycles. The molecule has 2 amide bonds. The Labute approximate surface area is 274 Å². The van der Waals surface area contributed by atoms with E-state index in [2.05, 4.69) is 20.1 Å². The minimum Gasteiger partial charge on any atom is -0.870 e. The smallest absolute Gasteiger partial charge is 0.870 e. The van der Waals surface area contributed by atoms with Crippen molar-refractivity contribution in [3.05, 3.63) is 0 Å². The van der Waals surface area contributed by atoms with Gasteiger partial charge < -0.3 is 36.4 Å². The maximum absolute atomic E-state index is 11.1. The number of carbonyl (C=O) groups excluding carboxylic acids is 5. The van der Waals surface area contributed by atoms with Gasteiger partial charge in [0.05, 0.1) is 20.8 Å². The van der Waals surface area contributed by atoms with Crippen molar-refractivity contribution in [1.29, 1.82) is 0 Å². The van der Waals surface area contributed by atoms with E-state index in [4.69, 9.17) is 22.4 Å². The number of amides is 2. The molecular formula is C25H48BCl2LiN3O10. The molecule has 17 heteroatoms. The summed E-state index contributed by atoms with van der Waals surface area (Å²) in [4.78, 5) is 62.7. The normalized spacial score (nSPS) is 13.8. The van der Waals surface area contributed by atoms with Crippen molar-refractivity contribution < 1.29 is 67.7 Å². The number of ether oxygens (including phenoxy) is 2. The number of aliphatic carboxylic acids is 1. The Hall–Kier alpha value is -1.82. The average molecular weight is 639 g/mol. The Balaban J connectivity index is -0.0000000766. The molecule has 0 aromatic carbocycles. The summed E-state index contributed by atoms with van der Waals surface area (Å²) in [5, 5.41) is 12.9. The van der Waals surface area contributed by atoms with Gasteiger partial charge in [-0.1, -0.05) is 34.1 Å². The van der Waals surface area contributed by atoms with E-state index in [1.165, 1.54) is 20.6 Å². The zero-order chi connectivity index (χ0) is 27.5. The molecule has 3 radical (unpaired) electrons. The van der Waals surface area contributed by atoms with Gasteiger partial charge in [0, 0.05) is 26.2 Å². The van der Waals surface area contributed by atoms with Crippen LogP contribution in [0, 0.1) is 17.8 Å².